The van der Waals surface area contributed by atoms with E-state index < -0.39 is 0 Å². The van der Waals surface area contributed by atoms with Crippen molar-refractivity contribution in [1.29, 1.82) is 0 Å². The second kappa shape index (κ2) is 3.18. The maximum absolute atomic E-state index is 5.83. The van der Waals surface area contributed by atoms with Crippen molar-refractivity contribution in [1.82, 2.24) is 0 Å². The molecule has 0 radical (unpaired) electrons. The summed E-state index contributed by atoms with van der Waals surface area (Å²) in [6.07, 6.45) is 4.02. The topological polar surface area (TPSA) is 18.5 Å². The van der Waals surface area contributed by atoms with Crippen molar-refractivity contribution in [3.63, 3.8) is 0 Å². The lowest BCUT2D eigenvalue weighted by atomic mass is 9.83. The molecular weight excluding hydrogens is 255 g/mol. The van der Waals surface area contributed by atoms with Crippen LogP contribution in [0.25, 0.3) is 0 Å². The van der Waals surface area contributed by atoms with E-state index in [0.717, 1.165) is 30.5 Å². The van der Waals surface area contributed by atoms with Gasteiger partial charge in [0.1, 0.15) is 0 Å². The van der Waals surface area contributed by atoms with Crippen molar-refractivity contribution in [3.8, 4) is 0 Å². The van der Waals surface area contributed by atoms with Crippen LogP contribution in [0.2, 0.25) is 0 Å². The van der Waals surface area contributed by atoms with Crippen LogP contribution in [-0.2, 0) is 9.47 Å². The van der Waals surface area contributed by atoms with Gasteiger partial charge in [0.15, 0.2) is 0 Å². The van der Waals surface area contributed by atoms with Crippen LogP contribution in [0.3, 0.4) is 0 Å². The second-order valence-corrected chi connectivity index (χ2v) is 4.27. The summed E-state index contributed by atoms with van der Waals surface area (Å²) < 4.78 is 12.3. The van der Waals surface area contributed by atoms with Gasteiger partial charge in [-0.1, -0.05) is 22.6 Å². The Morgan fingerprint density at radius 1 is 1.36 bits per heavy atom. The molecule has 0 bridgehead atoms. The van der Waals surface area contributed by atoms with Gasteiger partial charge in [-0.2, -0.15) is 0 Å². The maximum atomic E-state index is 5.83. The summed E-state index contributed by atoms with van der Waals surface area (Å²) in [5, 5.41) is 0. The summed E-state index contributed by atoms with van der Waals surface area (Å²) in [6, 6.07) is 0. The highest BCUT2D eigenvalue weighted by atomic mass is 127. The Kier molecular flexibility index (Phi) is 2.39. The molecule has 2 fully saturated rings. The normalized spacial score (nSPS) is 35.2. The van der Waals surface area contributed by atoms with E-state index in [1.807, 2.05) is 0 Å². The third-order valence-electron chi connectivity index (χ3n) is 2.59. The van der Waals surface area contributed by atoms with E-state index in [4.69, 9.17) is 9.47 Å². The van der Waals surface area contributed by atoms with Gasteiger partial charge in [0, 0.05) is 24.1 Å². The summed E-state index contributed by atoms with van der Waals surface area (Å²) >= 11 is 2.39. The SMILES string of the molecule is ICC1CC2(CCOCC2)O1. The molecule has 0 aliphatic carbocycles. The molecule has 2 nitrogen and oxygen atoms in total. The minimum Gasteiger partial charge on any atom is -0.381 e. The van der Waals surface area contributed by atoms with Crippen molar-refractivity contribution in [3.05, 3.63) is 0 Å². The maximum Gasteiger partial charge on any atom is 0.0755 e. The molecule has 3 heteroatoms. The van der Waals surface area contributed by atoms with Crippen LogP contribution in [0.1, 0.15) is 19.3 Å². The molecule has 0 amide bonds. The van der Waals surface area contributed by atoms with E-state index in [0.29, 0.717) is 6.10 Å². The van der Waals surface area contributed by atoms with Crippen LogP contribution in [-0.4, -0.2) is 29.3 Å². The molecule has 11 heavy (non-hydrogen) atoms. The standard InChI is InChI=1S/C8H13IO2/c9-6-7-5-8(11-7)1-3-10-4-2-8/h7H,1-6H2. The zero-order valence-corrected chi connectivity index (χ0v) is 8.67. The lowest BCUT2D eigenvalue weighted by Gasteiger charge is -2.49. The molecule has 1 unspecified atom stereocenters. The van der Waals surface area contributed by atoms with Crippen LogP contribution in [0.4, 0.5) is 0 Å². The van der Waals surface area contributed by atoms with Gasteiger partial charge < -0.3 is 9.47 Å². The Balaban J connectivity index is 1.84. The number of hydrogen-bond donors (Lipinski definition) is 0. The second-order valence-electron chi connectivity index (χ2n) is 3.39. The van der Waals surface area contributed by atoms with Crippen LogP contribution in [0.5, 0.6) is 0 Å². The monoisotopic (exact) mass is 268 g/mol. The molecule has 2 aliphatic rings. The smallest absolute Gasteiger partial charge is 0.0755 e. The number of alkyl halides is 1. The van der Waals surface area contributed by atoms with Gasteiger partial charge in [0.25, 0.3) is 0 Å². The highest BCUT2D eigenvalue weighted by Gasteiger charge is 2.45. The van der Waals surface area contributed by atoms with Crippen molar-refractivity contribution in [2.24, 2.45) is 0 Å². The molecule has 2 rings (SSSR count). The van der Waals surface area contributed by atoms with E-state index in [9.17, 15) is 0 Å². The van der Waals surface area contributed by atoms with Crippen molar-refractivity contribution < 1.29 is 9.47 Å². The largest absolute Gasteiger partial charge is 0.381 e. The van der Waals surface area contributed by atoms with E-state index in [-0.39, 0.29) is 5.60 Å². The average Bonchev–Trinajstić information content (AvgIpc) is 2.01. The molecule has 1 spiro atoms. The van der Waals surface area contributed by atoms with Gasteiger partial charge >= 0.3 is 0 Å². The zero-order chi connectivity index (χ0) is 7.73. The summed E-state index contributed by atoms with van der Waals surface area (Å²) in [5.41, 5.74) is 0.244. The molecule has 64 valence electrons. The first-order valence-corrected chi connectivity index (χ1v) is 5.69. The Bertz CT molecular complexity index is 135. The predicted octanol–water partition coefficient (Wildman–Crippen LogP) is 1.76. The molecule has 2 aliphatic heterocycles. The predicted molar refractivity (Wildman–Crippen MR) is 51.2 cm³/mol. The van der Waals surface area contributed by atoms with E-state index >= 15 is 0 Å². The molecule has 1 atom stereocenters. The molecule has 0 aromatic rings. The summed E-state index contributed by atoms with van der Waals surface area (Å²) in [5.74, 6) is 0. The molecule has 0 saturated carbocycles. The van der Waals surface area contributed by atoms with E-state index in [1.165, 1.54) is 6.42 Å². The van der Waals surface area contributed by atoms with Crippen molar-refractivity contribution in [2.75, 3.05) is 17.6 Å². The highest BCUT2D eigenvalue weighted by molar-refractivity contribution is 14.1. The number of ether oxygens (including phenoxy) is 2. The van der Waals surface area contributed by atoms with E-state index in [2.05, 4.69) is 22.6 Å². The van der Waals surface area contributed by atoms with Gasteiger partial charge in [-0.25, -0.2) is 0 Å². The fraction of sp³-hybridized carbons (Fsp3) is 1.00. The van der Waals surface area contributed by atoms with Crippen LogP contribution in [0, 0.1) is 0 Å². The zero-order valence-electron chi connectivity index (χ0n) is 6.51. The summed E-state index contributed by atoms with van der Waals surface area (Å²) in [6.45, 7) is 1.79. The quantitative estimate of drug-likeness (QED) is 0.533. The number of halogens is 1. The fourth-order valence-corrected chi connectivity index (χ4v) is 2.40. The van der Waals surface area contributed by atoms with E-state index in [1.54, 1.807) is 0 Å². The third-order valence-corrected chi connectivity index (χ3v) is 3.57. The average molecular weight is 268 g/mol. The Hall–Kier alpha value is 0.650. The minimum atomic E-state index is 0.244. The Morgan fingerprint density at radius 2 is 2.00 bits per heavy atom. The third kappa shape index (κ3) is 1.55. The minimum absolute atomic E-state index is 0.244. The lowest BCUT2D eigenvalue weighted by molar-refractivity contribution is -0.227. The molecule has 0 N–H and O–H groups in total. The first-order valence-electron chi connectivity index (χ1n) is 4.16. The van der Waals surface area contributed by atoms with Gasteiger partial charge in [-0.15, -0.1) is 0 Å². The highest BCUT2D eigenvalue weighted by Crippen LogP contribution is 2.41. The fourth-order valence-electron chi connectivity index (χ4n) is 1.91. The molecule has 2 saturated heterocycles. The molecule has 0 aromatic carbocycles. The Labute approximate surface area is 80.8 Å². The number of rotatable bonds is 1. The summed E-state index contributed by atoms with van der Waals surface area (Å²) in [4.78, 5) is 0. The van der Waals surface area contributed by atoms with Crippen LogP contribution >= 0.6 is 22.6 Å². The molecule has 2 heterocycles. The summed E-state index contributed by atoms with van der Waals surface area (Å²) in [7, 11) is 0. The number of hydrogen-bond acceptors (Lipinski definition) is 2. The van der Waals surface area contributed by atoms with Crippen LogP contribution in [0.15, 0.2) is 0 Å². The van der Waals surface area contributed by atoms with Gasteiger partial charge in [0.05, 0.1) is 11.7 Å². The first-order chi connectivity index (χ1) is 5.35. The molecule has 0 aromatic heterocycles. The molecular formula is C8H13IO2. The van der Waals surface area contributed by atoms with Gasteiger partial charge in [-0.05, 0) is 12.8 Å². The van der Waals surface area contributed by atoms with Gasteiger partial charge in [-0.3, -0.25) is 0 Å². The Morgan fingerprint density at radius 3 is 2.55 bits per heavy atom. The van der Waals surface area contributed by atoms with Crippen molar-refractivity contribution in [2.45, 2.75) is 31.0 Å². The van der Waals surface area contributed by atoms with Crippen LogP contribution < -0.4 is 0 Å². The van der Waals surface area contributed by atoms with Gasteiger partial charge in [0.2, 0.25) is 0 Å². The van der Waals surface area contributed by atoms with Crippen molar-refractivity contribution >= 4 is 22.6 Å². The first kappa shape index (κ1) is 8.26. The lowest BCUT2D eigenvalue weighted by Crippen LogP contribution is -2.54.